The van der Waals surface area contributed by atoms with Crippen molar-refractivity contribution in [2.24, 2.45) is 0 Å². The molecular weight excluding hydrogens is 572 g/mol. The van der Waals surface area contributed by atoms with Crippen molar-refractivity contribution in [3.8, 4) is 28.7 Å². The molecule has 220 valence electrons. The molecule has 3 aromatic rings. The quantitative estimate of drug-likeness (QED) is 0.0736. The second kappa shape index (κ2) is 20.3. The van der Waals surface area contributed by atoms with Gasteiger partial charge in [-0.05, 0) is 65.9 Å². The maximum Gasteiger partial charge on any atom is 1.00 e. The molecule has 0 aliphatic carbocycles. The van der Waals surface area contributed by atoms with Crippen molar-refractivity contribution in [2.45, 2.75) is 106 Å². The van der Waals surface area contributed by atoms with Crippen LogP contribution in [0.5, 0.6) is 5.75 Å². The molecule has 0 saturated heterocycles. The minimum absolute atomic E-state index is 0. The molecule has 42 heavy (non-hydrogen) atoms. The van der Waals surface area contributed by atoms with E-state index in [0.717, 1.165) is 47.5 Å². The fourth-order valence-corrected chi connectivity index (χ4v) is 6.41. The topological polar surface area (TPSA) is 66.4 Å². The zero-order valence-corrected chi connectivity index (χ0v) is 29.1. The standard InChI is InChI=1S/C35H44O4S2.Na/c1-3-5-7-8-9-10-11-12-13-14-15-18-29-19-16-17-20-33(29)30-21-26-34(35(28-30)41(36,37)38)40-32-24-22-31(23-25-32)39-27-6-4-2;/h16-17,19-26,28H,3-13,18,27H2,1-2H3,(H,36,37,38);/q;+1/p-1. The van der Waals surface area contributed by atoms with Crippen LogP contribution >= 0.6 is 11.8 Å². The Morgan fingerprint density at radius 2 is 1.45 bits per heavy atom. The molecule has 7 heteroatoms. The fourth-order valence-electron chi connectivity index (χ4n) is 4.57. The van der Waals surface area contributed by atoms with Gasteiger partial charge in [0, 0.05) is 22.6 Å². The minimum atomic E-state index is -4.68. The molecule has 3 rings (SSSR count). The van der Waals surface area contributed by atoms with Gasteiger partial charge >= 0.3 is 29.6 Å². The van der Waals surface area contributed by atoms with Gasteiger partial charge in [0.25, 0.3) is 0 Å². The molecule has 0 unspecified atom stereocenters. The predicted octanol–water partition coefficient (Wildman–Crippen LogP) is 6.67. The van der Waals surface area contributed by atoms with Crippen LogP contribution in [0, 0.1) is 11.8 Å². The van der Waals surface area contributed by atoms with Crippen LogP contribution in [0.15, 0.2) is 81.4 Å². The summed E-state index contributed by atoms with van der Waals surface area (Å²) in [6.07, 6.45) is 13.8. The number of hydrogen-bond acceptors (Lipinski definition) is 5. The normalized spacial score (nSPS) is 10.9. The molecule has 0 radical (unpaired) electrons. The first-order valence-electron chi connectivity index (χ1n) is 15.0. The molecule has 0 aliphatic rings. The SMILES string of the molecule is CCCCCCCCCCC#CCc1ccccc1-c1ccc(Sc2ccc(OCCCC)cc2)c(S(=O)(=O)[O-])c1.[Na+]. The number of ether oxygens (including phenoxy) is 1. The summed E-state index contributed by atoms with van der Waals surface area (Å²) in [7, 11) is -4.68. The molecule has 0 spiro atoms. The van der Waals surface area contributed by atoms with Crippen LogP contribution in [0.25, 0.3) is 11.1 Å². The smallest absolute Gasteiger partial charge is 0.744 e. The van der Waals surface area contributed by atoms with E-state index < -0.39 is 10.1 Å². The van der Waals surface area contributed by atoms with E-state index in [9.17, 15) is 13.0 Å². The summed E-state index contributed by atoms with van der Waals surface area (Å²) in [6, 6.07) is 20.4. The summed E-state index contributed by atoms with van der Waals surface area (Å²) in [6.45, 7) is 5.02. The van der Waals surface area contributed by atoms with E-state index in [2.05, 4.69) is 25.7 Å². The second-order valence-electron chi connectivity index (χ2n) is 10.3. The monoisotopic (exact) mass is 614 g/mol. The van der Waals surface area contributed by atoms with Gasteiger partial charge in [0.1, 0.15) is 15.9 Å². The molecule has 4 nitrogen and oxygen atoms in total. The Labute approximate surface area is 280 Å². The zero-order valence-electron chi connectivity index (χ0n) is 25.5. The Bertz CT molecular complexity index is 1380. The summed E-state index contributed by atoms with van der Waals surface area (Å²) in [5.74, 6) is 7.37. The third kappa shape index (κ3) is 12.9. The largest absolute Gasteiger partial charge is 1.00 e. The van der Waals surface area contributed by atoms with Gasteiger partial charge in [-0.1, -0.05) is 113 Å². The molecule has 0 heterocycles. The maximum atomic E-state index is 12.3. The number of unbranched alkanes of at least 4 members (excludes halogenated alkanes) is 9. The van der Waals surface area contributed by atoms with Crippen molar-refractivity contribution in [3.05, 3.63) is 72.3 Å². The Balaban J connectivity index is 0.00000616. The Morgan fingerprint density at radius 3 is 2.14 bits per heavy atom. The van der Waals surface area contributed by atoms with Crippen LogP contribution in [-0.4, -0.2) is 19.6 Å². The van der Waals surface area contributed by atoms with Crippen LogP contribution < -0.4 is 34.3 Å². The van der Waals surface area contributed by atoms with Crippen molar-refractivity contribution >= 4 is 21.9 Å². The van der Waals surface area contributed by atoms with Gasteiger partial charge in [0.15, 0.2) is 0 Å². The van der Waals surface area contributed by atoms with Gasteiger partial charge in [-0.2, -0.15) is 0 Å². The van der Waals surface area contributed by atoms with Crippen molar-refractivity contribution in [2.75, 3.05) is 6.61 Å². The minimum Gasteiger partial charge on any atom is -0.744 e. The fraction of sp³-hybridized carbons (Fsp3) is 0.429. The van der Waals surface area contributed by atoms with Crippen LogP contribution in [0.4, 0.5) is 0 Å². The summed E-state index contributed by atoms with van der Waals surface area (Å²) >= 11 is 1.26. The van der Waals surface area contributed by atoms with Crippen LogP contribution in [0.1, 0.15) is 90.0 Å². The van der Waals surface area contributed by atoms with E-state index in [1.807, 2.05) is 54.6 Å². The van der Waals surface area contributed by atoms with Crippen LogP contribution in [0.2, 0.25) is 0 Å². The summed E-state index contributed by atoms with van der Waals surface area (Å²) in [5, 5.41) is 0. The molecular formula is C35H43NaO4S2. The number of rotatable bonds is 17. The molecule has 0 saturated carbocycles. The summed E-state index contributed by atoms with van der Waals surface area (Å²) in [5.41, 5.74) is 2.61. The zero-order chi connectivity index (χ0) is 29.3. The van der Waals surface area contributed by atoms with Gasteiger partial charge in [0.05, 0.1) is 11.5 Å². The van der Waals surface area contributed by atoms with Gasteiger partial charge in [-0.15, -0.1) is 5.92 Å². The maximum absolute atomic E-state index is 12.3. The van der Waals surface area contributed by atoms with E-state index in [-0.39, 0.29) is 34.5 Å². The second-order valence-corrected chi connectivity index (χ2v) is 12.8. The van der Waals surface area contributed by atoms with Gasteiger partial charge < -0.3 is 9.29 Å². The first-order valence-corrected chi connectivity index (χ1v) is 17.2. The van der Waals surface area contributed by atoms with Crippen LogP contribution in [-0.2, 0) is 16.5 Å². The average Bonchev–Trinajstić information content (AvgIpc) is 2.97. The first kappa shape index (κ1) is 36.5. The molecule has 3 aromatic carbocycles. The first-order chi connectivity index (χ1) is 19.9. The third-order valence-corrected chi connectivity index (χ3v) is 9.01. The molecule has 0 fully saturated rings. The van der Waals surface area contributed by atoms with E-state index >= 15 is 0 Å². The van der Waals surface area contributed by atoms with Gasteiger partial charge in [-0.3, -0.25) is 0 Å². The van der Waals surface area contributed by atoms with Gasteiger partial charge in [-0.25, -0.2) is 8.42 Å². The summed E-state index contributed by atoms with van der Waals surface area (Å²) < 4.78 is 42.6. The Morgan fingerprint density at radius 1 is 0.786 bits per heavy atom. The molecule has 0 bridgehead atoms. The molecule has 0 aromatic heterocycles. The van der Waals surface area contributed by atoms with E-state index in [1.54, 1.807) is 6.07 Å². The van der Waals surface area contributed by atoms with Crippen molar-refractivity contribution in [3.63, 3.8) is 0 Å². The van der Waals surface area contributed by atoms with E-state index in [4.69, 9.17) is 4.74 Å². The molecule has 0 amide bonds. The third-order valence-electron chi connectivity index (χ3n) is 6.92. The predicted molar refractivity (Wildman–Crippen MR) is 170 cm³/mol. The number of benzene rings is 3. The van der Waals surface area contributed by atoms with Crippen LogP contribution in [0.3, 0.4) is 0 Å². The van der Waals surface area contributed by atoms with Crippen molar-refractivity contribution in [1.82, 2.24) is 0 Å². The number of hydrogen-bond donors (Lipinski definition) is 0. The van der Waals surface area contributed by atoms with Crippen molar-refractivity contribution < 1.29 is 47.3 Å². The Hall–Kier alpha value is -1.72. The van der Waals surface area contributed by atoms with Crippen molar-refractivity contribution in [1.29, 1.82) is 0 Å². The molecule has 0 aliphatic heterocycles. The molecule has 0 atom stereocenters. The van der Waals surface area contributed by atoms with E-state index in [0.29, 0.717) is 23.5 Å². The van der Waals surface area contributed by atoms with E-state index in [1.165, 1.54) is 62.8 Å². The Kier molecular flexibility index (Phi) is 17.6. The van der Waals surface area contributed by atoms with Gasteiger partial charge in [0.2, 0.25) is 0 Å². The molecule has 0 N–H and O–H groups in total. The summed E-state index contributed by atoms with van der Waals surface area (Å²) in [4.78, 5) is 1.03. The average molecular weight is 615 g/mol.